The topological polar surface area (TPSA) is 122 Å². The van der Waals surface area contributed by atoms with Crippen LogP contribution in [0.2, 0.25) is 0 Å². The highest BCUT2D eigenvalue weighted by molar-refractivity contribution is 14.1. The zero-order valence-electron chi connectivity index (χ0n) is 50.0. The van der Waals surface area contributed by atoms with Gasteiger partial charge in [0.05, 0.1) is 0 Å². The molecule has 0 heterocycles. The number of halogens is 10. The van der Waals surface area contributed by atoms with E-state index in [1.807, 2.05) is 210 Å². The lowest BCUT2D eigenvalue weighted by Crippen LogP contribution is -1.99. The second-order valence-electron chi connectivity index (χ2n) is 8.57. The normalized spacial score (nSPS) is 5.15. The fraction of sp³-hybridized carbons (Fsp3) is 0.818. The number of nitrogens with zero attached hydrogens (tertiary/aromatic N) is 7. The molecule has 0 radical (unpaired) electrons. The number of rotatable bonds is 0. The maximum absolute atomic E-state index is 7.00. The summed E-state index contributed by atoms with van der Waals surface area (Å²) in [6, 6.07) is 0. The monoisotopic (exact) mass is 1610 g/mol. The van der Waals surface area contributed by atoms with E-state index in [4.69, 9.17) is 20.4 Å². The third kappa shape index (κ3) is 29200. The SMILES string of the molecule is C=CC.C=CC.C=CC.C=NC.C=NC.CBr.CBr.CBr.CBr.CBr.CBr.CC.CCl.CCl.CI.CI.CN(C)C.CN(C)C.CN(C)C.CN(C)C.CN(C)C.CO.CO.CO.CO. The van der Waals surface area contributed by atoms with E-state index in [9.17, 15) is 0 Å². The first-order valence-corrected chi connectivity index (χ1v) is 33.1. The maximum Gasteiger partial charge on any atom is 0.0319 e. The van der Waals surface area contributed by atoms with Crippen molar-refractivity contribution in [3.8, 4) is 0 Å². The molecule has 0 fully saturated rings. The van der Waals surface area contributed by atoms with Crippen LogP contribution >= 0.6 is 164 Å². The molecule has 11 nitrogen and oxygen atoms in total. The molecule has 0 saturated heterocycles. The van der Waals surface area contributed by atoms with Gasteiger partial charge in [-0.2, -0.15) is 0 Å². The van der Waals surface area contributed by atoms with Gasteiger partial charge in [-0.3, -0.25) is 0 Å². The molecule has 65 heavy (non-hydrogen) atoms. The molecule has 0 atom stereocenters. The van der Waals surface area contributed by atoms with Crippen molar-refractivity contribution >= 4 is 177 Å². The highest BCUT2D eigenvalue weighted by atomic mass is 127. The Morgan fingerprint density at radius 1 is 0.338 bits per heavy atom. The Morgan fingerprint density at radius 2 is 0.338 bits per heavy atom. The molecule has 0 aromatic rings. The maximum atomic E-state index is 7.00. The molecule has 0 aliphatic heterocycles. The molecule has 0 aliphatic carbocycles. The van der Waals surface area contributed by atoms with E-state index in [0.717, 1.165) is 28.4 Å². The van der Waals surface area contributed by atoms with Gasteiger partial charge in [-0.1, -0.05) is 173 Å². The van der Waals surface area contributed by atoms with Gasteiger partial charge >= 0.3 is 0 Å². The van der Waals surface area contributed by atoms with Crippen LogP contribution in [0, 0.1) is 0 Å². The summed E-state index contributed by atoms with van der Waals surface area (Å²) in [4.78, 5) is 20.4. The summed E-state index contributed by atoms with van der Waals surface area (Å²) in [5.41, 5.74) is 0. The molecular weight excluding hydrogens is 1490 g/mol. The predicted molar refractivity (Wildman–Crippen MR) is 373 cm³/mol. The van der Waals surface area contributed by atoms with Crippen LogP contribution in [0.15, 0.2) is 47.9 Å². The van der Waals surface area contributed by atoms with Crippen LogP contribution in [0.1, 0.15) is 34.6 Å². The Morgan fingerprint density at radius 3 is 0.338 bits per heavy atom. The van der Waals surface area contributed by atoms with Crippen LogP contribution in [-0.4, -0.2) is 264 Å². The van der Waals surface area contributed by atoms with E-state index < -0.39 is 0 Å². The van der Waals surface area contributed by atoms with Gasteiger partial charge < -0.3 is 54.9 Å². The number of hydrogen-bond donors (Lipinski definition) is 4. The summed E-state index contributed by atoms with van der Waals surface area (Å²) in [5, 5.41) is 28.0. The standard InChI is InChI=1S/5C3H9N.3C3H6.2C2H5N.C2H6.6CH3Br.2CH3Cl.2CH3I.4CH4O/c5*1-4(2)3;5*1-3-2;15*1-2/h5*1-3H3;3*3H,1H2,2H3;2*1H2,2H3;1-2H3;10*1H3;4*2H,1H3. The number of alkyl halides is 10. The molecule has 21 heteroatoms. The summed E-state index contributed by atoms with van der Waals surface area (Å²) < 4.78 is 0. The van der Waals surface area contributed by atoms with Gasteiger partial charge in [-0.15, -0.1) is 42.9 Å². The molecule has 0 bridgehead atoms. The van der Waals surface area contributed by atoms with Crippen LogP contribution in [0.4, 0.5) is 0 Å². The summed E-state index contributed by atoms with van der Waals surface area (Å²) in [6.45, 7) is 26.0. The Balaban J connectivity index is -0.0000000112. The minimum atomic E-state index is 1.00. The van der Waals surface area contributed by atoms with Gasteiger partial charge in [-0.05, 0) is 185 Å². The molecular formula is C44H125Br6Cl2I2N7O4. The van der Waals surface area contributed by atoms with E-state index in [0.29, 0.717) is 0 Å². The van der Waals surface area contributed by atoms with Crippen molar-refractivity contribution in [2.75, 3.05) is 206 Å². The number of aliphatic imine (C=N–C) groups is 2. The Labute approximate surface area is 505 Å². The van der Waals surface area contributed by atoms with Crippen molar-refractivity contribution in [2.24, 2.45) is 9.98 Å². The minimum absolute atomic E-state index is 1.00. The Kier molecular flexibility index (Phi) is 1390. The Hall–Kier alpha value is 3.12. The number of hydrogen-bond acceptors (Lipinski definition) is 11. The first kappa shape index (κ1) is 165. The van der Waals surface area contributed by atoms with Gasteiger partial charge in [0.2, 0.25) is 0 Å². The highest BCUT2D eigenvalue weighted by Gasteiger charge is 1.59. The zero-order chi connectivity index (χ0) is 61.4. The molecule has 0 aromatic heterocycles. The summed E-state index contributed by atoms with van der Waals surface area (Å²) in [5.74, 6) is 10.9. The zero-order valence-corrected chi connectivity index (χ0v) is 65.3. The second-order valence-corrected chi connectivity index (χ2v) is 8.57. The molecule has 0 rings (SSSR count). The molecule has 0 amide bonds. The van der Waals surface area contributed by atoms with Gasteiger partial charge in [0.1, 0.15) is 0 Å². The van der Waals surface area contributed by atoms with Crippen molar-refractivity contribution in [1.29, 1.82) is 0 Å². The molecule has 0 unspecified atom stereocenters. The van der Waals surface area contributed by atoms with Crippen LogP contribution in [0.25, 0.3) is 0 Å². The fourth-order valence-corrected chi connectivity index (χ4v) is 0. The lowest BCUT2D eigenvalue weighted by atomic mass is 10.8. The fourth-order valence-electron chi connectivity index (χ4n) is 0. The van der Waals surface area contributed by atoms with Crippen LogP contribution in [-0.2, 0) is 0 Å². The molecule has 0 aliphatic rings. The Bertz CT molecular complexity index is 295. The van der Waals surface area contributed by atoms with E-state index >= 15 is 0 Å². The number of aliphatic hydroxyl groups is 4. The quantitative estimate of drug-likeness (QED) is 0.0813. The molecule has 0 aromatic carbocycles. The lowest BCUT2D eigenvalue weighted by Gasteiger charge is -1.90. The first-order valence-electron chi connectivity index (χ1n) is 17.8. The van der Waals surface area contributed by atoms with Crippen LogP contribution in [0.3, 0.4) is 0 Å². The van der Waals surface area contributed by atoms with Gasteiger partial charge in [0.25, 0.3) is 0 Å². The van der Waals surface area contributed by atoms with Crippen molar-refractivity contribution < 1.29 is 20.4 Å². The first-order chi connectivity index (χ1) is 30.7. The molecule has 4 N–H and O–H groups in total. The number of aliphatic hydroxyl groups excluding tert-OH is 4. The van der Waals surface area contributed by atoms with E-state index in [2.05, 4.69) is 207 Å². The summed E-state index contributed by atoms with van der Waals surface area (Å²) >= 11 is 31.2. The minimum Gasteiger partial charge on any atom is -0.400 e. The van der Waals surface area contributed by atoms with E-state index in [1.54, 1.807) is 32.3 Å². The second kappa shape index (κ2) is 549. The van der Waals surface area contributed by atoms with Crippen molar-refractivity contribution in [2.45, 2.75) is 34.6 Å². The van der Waals surface area contributed by atoms with Gasteiger partial charge in [0, 0.05) is 55.3 Å². The van der Waals surface area contributed by atoms with Gasteiger partial charge in [0.15, 0.2) is 0 Å². The van der Waals surface area contributed by atoms with Crippen LogP contribution < -0.4 is 0 Å². The average Bonchev–Trinajstić information content (AvgIpc) is 3.31. The molecule has 0 saturated carbocycles. The molecule has 0 spiro atoms. The van der Waals surface area contributed by atoms with E-state index in [-0.39, 0.29) is 0 Å². The van der Waals surface area contributed by atoms with Crippen molar-refractivity contribution in [1.82, 2.24) is 24.5 Å². The van der Waals surface area contributed by atoms with Crippen molar-refractivity contribution in [3.63, 3.8) is 0 Å². The summed E-state index contributed by atoms with van der Waals surface area (Å²) in [6.07, 6.45) is 8.19. The predicted octanol–water partition coefficient (Wildman–Crippen LogP) is 14.4. The smallest absolute Gasteiger partial charge is 0.0319 e. The largest absolute Gasteiger partial charge is 0.400 e. The van der Waals surface area contributed by atoms with Crippen molar-refractivity contribution in [3.05, 3.63) is 38.0 Å². The number of allylic oxidation sites excluding steroid dienone is 3. The average molecular weight is 1620 g/mol. The van der Waals surface area contributed by atoms with Gasteiger partial charge in [-0.25, -0.2) is 0 Å². The van der Waals surface area contributed by atoms with E-state index in [1.165, 1.54) is 12.8 Å². The highest BCUT2D eigenvalue weighted by Crippen LogP contribution is 1.50. The third-order valence-corrected chi connectivity index (χ3v) is 0. The molecule has 430 valence electrons. The lowest BCUT2D eigenvalue weighted by molar-refractivity contribution is 0.399. The summed E-state index contributed by atoms with van der Waals surface area (Å²) in [7, 11) is 37.3. The van der Waals surface area contributed by atoms with Crippen LogP contribution in [0.5, 0.6) is 0 Å². The third-order valence-electron chi connectivity index (χ3n) is 0.